The Morgan fingerprint density at radius 3 is 2.82 bits per heavy atom. The predicted octanol–water partition coefficient (Wildman–Crippen LogP) is 3.15. The molecular weight excluding hydrogens is 456 g/mol. The molecule has 170 valence electrons. The van der Waals surface area contributed by atoms with Crippen LogP contribution in [0.15, 0.2) is 75.0 Å². The molecule has 0 aromatic heterocycles. The third kappa shape index (κ3) is 4.78. The first-order valence-electron chi connectivity index (χ1n) is 10.9. The van der Waals surface area contributed by atoms with Crippen LogP contribution in [0.3, 0.4) is 0 Å². The van der Waals surface area contributed by atoms with Crippen LogP contribution in [0, 0.1) is 0 Å². The summed E-state index contributed by atoms with van der Waals surface area (Å²) < 4.78 is 39.5. The molecule has 2 heterocycles. The van der Waals surface area contributed by atoms with Gasteiger partial charge in [0.25, 0.3) is 0 Å². The molecule has 0 bridgehead atoms. The van der Waals surface area contributed by atoms with E-state index >= 15 is 0 Å². The number of hydrogen-bond donors (Lipinski definition) is 1. The van der Waals surface area contributed by atoms with Crippen LogP contribution in [0.5, 0.6) is 0 Å². The van der Waals surface area contributed by atoms with Crippen LogP contribution >= 0.6 is 11.8 Å². The number of aryl methyl sites for hydroxylation is 1. The van der Waals surface area contributed by atoms with Gasteiger partial charge in [-0.25, -0.2) is 8.42 Å². The third-order valence-corrected chi connectivity index (χ3v) is 7.81. The molecule has 0 spiro atoms. The Bertz CT molecular complexity index is 1410. The molecule has 1 aromatic carbocycles. The summed E-state index contributed by atoms with van der Waals surface area (Å²) in [5.74, 6) is 1.31. The first-order valence-corrected chi connectivity index (χ1v) is 13.3. The van der Waals surface area contributed by atoms with Gasteiger partial charge in [0.05, 0.1) is 26.9 Å². The van der Waals surface area contributed by atoms with E-state index < -0.39 is 10.1 Å². The molecule has 4 aliphatic rings. The molecule has 0 saturated carbocycles. The van der Waals surface area contributed by atoms with Gasteiger partial charge in [-0.2, -0.15) is 0 Å². The van der Waals surface area contributed by atoms with Gasteiger partial charge in [-0.3, -0.25) is 5.41 Å². The zero-order valence-electron chi connectivity index (χ0n) is 18.0. The Balaban J connectivity index is 1.48. The Morgan fingerprint density at radius 1 is 1.12 bits per heavy atom. The molecule has 1 aromatic rings. The van der Waals surface area contributed by atoms with Crippen molar-refractivity contribution >= 4 is 33.1 Å². The second-order valence-corrected chi connectivity index (χ2v) is 10.9. The summed E-state index contributed by atoms with van der Waals surface area (Å²) in [5, 5.41) is 7.63. The summed E-state index contributed by atoms with van der Waals surface area (Å²) in [5.41, 5.74) is 4.41. The Hall–Kier alpha value is -2.81. The molecule has 2 N–H and O–H groups in total. The lowest BCUT2D eigenvalue weighted by atomic mass is 9.90. The summed E-state index contributed by atoms with van der Waals surface area (Å²) in [6, 6.07) is 15.9. The summed E-state index contributed by atoms with van der Waals surface area (Å²) >= 11 is 1.64. The van der Waals surface area contributed by atoms with Gasteiger partial charge in [0.2, 0.25) is 0 Å². The maximum atomic E-state index is 11.1. The van der Waals surface area contributed by atoms with Crippen molar-refractivity contribution in [3.8, 4) is 11.3 Å². The summed E-state index contributed by atoms with van der Waals surface area (Å²) in [4.78, 5) is 3.20. The largest absolute Gasteiger partial charge is 0.748 e. The number of rotatable bonds is 5. The molecule has 2 aliphatic carbocycles. The van der Waals surface area contributed by atoms with Gasteiger partial charge in [-0.05, 0) is 67.2 Å². The minimum absolute atomic E-state index is 0.278. The predicted molar refractivity (Wildman–Crippen MR) is 128 cm³/mol. The minimum Gasteiger partial charge on any atom is -0.748 e. The van der Waals surface area contributed by atoms with E-state index in [0.29, 0.717) is 11.9 Å². The first kappa shape index (κ1) is 22.0. The number of allylic oxidation sites excluding steroid dienone is 3. The maximum absolute atomic E-state index is 11.1. The molecule has 0 saturated heterocycles. The highest BCUT2D eigenvalue weighted by molar-refractivity contribution is 8.03. The van der Waals surface area contributed by atoms with Crippen molar-refractivity contribution in [2.24, 2.45) is 0 Å². The first-order chi connectivity index (χ1) is 15.9. The van der Waals surface area contributed by atoms with Crippen LogP contribution in [0.25, 0.3) is 16.9 Å². The van der Waals surface area contributed by atoms with E-state index in [2.05, 4.69) is 23.1 Å². The van der Waals surface area contributed by atoms with Gasteiger partial charge < -0.3 is 13.9 Å². The molecule has 0 amide bonds. The number of nitrogens with two attached hydrogens (primary N) is 1. The number of hydrogen-bond acceptors (Lipinski definition) is 6. The molecular formula is C25H24N2O4S2. The fourth-order valence-corrected chi connectivity index (χ4v) is 5.94. The van der Waals surface area contributed by atoms with Gasteiger partial charge >= 0.3 is 0 Å². The zero-order chi connectivity index (χ0) is 23.0. The minimum atomic E-state index is -4.23. The second-order valence-electron chi connectivity index (χ2n) is 8.29. The fourth-order valence-electron chi connectivity index (χ4n) is 4.37. The van der Waals surface area contributed by atoms with Gasteiger partial charge in [0.15, 0.2) is 5.36 Å². The number of nitrogens with zero attached hydrogens (tertiary/aromatic N) is 1. The van der Waals surface area contributed by atoms with Crippen molar-refractivity contribution in [2.75, 3.05) is 17.2 Å². The van der Waals surface area contributed by atoms with E-state index in [9.17, 15) is 13.0 Å². The van der Waals surface area contributed by atoms with E-state index in [1.807, 2.05) is 42.5 Å². The monoisotopic (exact) mass is 480 g/mol. The topological polar surface area (TPSA) is 99.2 Å². The van der Waals surface area contributed by atoms with Crippen LogP contribution in [0.2, 0.25) is 0 Å². The summed E-state index contributed by atoms with van der Waals surface area (Å²) in [6.45, 7) is 0.464. The number of fused-ring (bicyclic) bond motifs is 3. The fraction of sp³-hybridized carbons (Fsp3) is 0.240. The molecule has 2 aliphatic heterocycles. The molecule has 33 heavy (non-hydrogen) atoms. The lowest BCUT2D eigenvalue weighted by Crippen LogP contribution is -2.44. The lowest BCUT2D eigenvalue weighted by Gasteiger charge is -2.22. The SMILES string of the molecule is [NH2+]=c1ccc2cc3c(oc-2c1)C(=CC=C1Sc2ccccc2N1CCCS(=O)(=O)[O-])CCC3. The number of benzene rings is 2. The van der Waals surface area contributed by atoms with Gasteiger partial charge in [-0.15, -0.1) is 0 Å². The van der Waals surface area contributed by atoms with Crippen LogP contribution in [-0.2, 0) is 16.5 Å². The lowest BCUT2D eigenvalue weighted by molar-refractivity contribution is -0.172. The molecule has 0 fully saturated rings. The standard InChI is InChI=1S/C25H24N2O4S2/c26-20-11-9-18-15-19-6-3-5-17(25(19)31-22(18)16-20)10-12-24-27(13-4-14-33(28,29)30)21-7-1-2-8-23(21)32-24/h1-2,7-12,15-16,26H,3-6,13-14H2,(H,28,29,30). The van der Waals surface area contributed by atoms with E-state index in [1.54, 1.807) is 11.8 Å². The van der Waals surface area contributed by atoms with Gasteiger partial charge in [0.1, 0.15) is 11.5 Å². The average Bonchev–Trinajstić information content (AvgIpc) is 3.13. The molecule has 5 rings (SSSR count). The Morgan fingerprint density at radius 2 is 1.97 bits per heavy atom. The van der Waals surface area contributed by atoms with Crippen molar-refractivity contribution < 1.29 is 22.8 Å². The van der Waals surface area contributed by atoms with Crippen LogP contribution in [-0.4, -0.2) is 25.3 Å². The van der Waals surface area contributed by atoms with Crippen LogP contribution in [0.4, 0.5) is 5.69 Å². The molecule has 6 nitrogen and oxygen atoms in total. The van der Waals surface area contributed by atoms with E-state index in [1.165, 1.54) is 5.56 Å². The number of para-hydroxylation sites is 1. The Labute approximate surface area is 197 Å². The normalized spacial score (nSPS) is 18.2. The average molecular weight is 481 g/mol. The summed E-state index contributed by atoms with van der Waals surface area (Å²) in [7, 11) is -4.23. The molecule has 8 heteroatoms. The third-order valence-electron chi connectivity index (χ3n) is 5.89. The van der Waals surface area contributed by atoms with Crippen molar-refractivity contribution in [2.45, 2.75) is 30.6 Å². The molecule has 0 unspecified atom stereocenters. The van der Waals surface area contributed by atoms with Crippen LogP contribution in [0.1, 0.15) is 30.6 Å². The quantitative estimate of drug-likeness (QED) is 0.563. The van der Waals surface area contributed by atoms with E-state index in [-0.39, 0.29) is 12.2 Å². The second kappa shape index (κ2) is 8.85. The van der Waals surface area contributed by atoms with Crippen molar-refractivity contribution in [3.05, 3.63) is 82.4 Å². The van der Waals surface area contributed by atoms with Crippen molar-refractivity contribution in [1.29, 1.82) is 0 Å². The van der Waals surface area contributed by atoms with Crippen LogP contribution < -0.4 is 15.7 Å². The summed E-state index contributed by atoms with van der Waals surface area (Å²) in [6.07, 6.45) is 7.39. The molecule has 0 radical (unpaired) electrons. The maximum Gasteiger partial charge on any atom is 0.200 e. The number of thioether (sulfide) groups is 1. The van der Waals surface area contributed by atoms with Crippen molar-refractivity contribution in [3.63, 3.8) is 0 Å². The van der Waals surface area contributed by atoms with Gasteiger partial charge in [-0.1, -0.05) is 30.0 Å². The highest BCUT2D eigenvalue weighted by Gasteiger charge is 2.25. The number of anilines is 1. The van der Waals surface area contributed by atoms with E-state index in [0.717, 1.165) is 57.5 Å². The van der Waals surface area contributed by atoms with E-state index in [4.69, 9.17) is 9.83 Å². The highest BCUT2D eigenvalue weighted by atomic mass is 32.2. The zero-order valence-corrected chi connectivity index (χ0v) is 19.6. The Kier molecular flexibility index (Phi) is 5.90. The van der Waals surface area contributed by atoms with Gasteiger partial charge in [0, 0.05) is 28.8 Å². The molecule has 0 atom stereocenters. The smallest absolute Gasteiger partial charge is 0.200 e. The van der Waals surface area contributed by atoms with Crippen molar-refractivity contribution in [1.82, 2.24) is 0 Å². The highest BCUT2D eigenvalue weighted by Crippen LogP contribution is 2.46.